The van der Waals surface area contributed by atoms with Crippen LogP contribution in [0.25, 0.3) is 5.70 Å². The van der Waals surface area contributed by atoms with Crippen molar-refractivity contribution in [2.24, 2.45) is 0 Å². The fraction of sp³-hybridized carbons (Fsp3) is 0.375. The predicted molar refractivity (Wildman–Crippen MR) is 43.2 cm³/mol. The van der Waals surface area contributed by atoms with Crippen molar-refractivity contribution in [3.05, 3.63) is 18.7 Å². The van der Waals surface area contributed by atoms with E-state index in [4.69, 9.17) is 0 Å². The first-order chi connectivity index (χ1) is 5.86. The molecular weight excluding hydrogens is 154 g/mol. The second kappa shape index (κ2) is 2.89. The van der Waals surface area contributed by atoms with Gasteiger partial charge in [0.1, 0.15) is 18.4 Å². The van der Waals surface area contributed by atoms with Crippen LogP contribution in [0.3, 0.4) is 0 Å². The monoisotopic (exact) mass is 163 g/mol. The van der Waals surface area contributed by atoms with Crippen LogP contribution in [0.5, 0.6) is 0 Å². The molecule has 0 unspecified atom stereocenters. The molecule has 12 heavy (non-hydrogen) atoms. The Morgan fingerprint density at radius 1 is 1.42 bits per heavy atom. The fourth-order valence-electron chi connectivity index (χ4n) is 1.27. The summed E-state index contributed by atoms with van der Waals surface area (Å²) in [6, 6.07) is 0. The second-order valence-corrected chi connectivity index (χ2v) is 2.78. The summed E-state index contributed by atoms with van der Waals surface area (Å²) in [4.78, 5) is 14.7. The van der Waals surface area contributed by atoms with Crippen molar-refractivity contribution in [1.29, 1.82) is 0 Å². The number of rotatable bonds is 1. The molecule has 0 atom stereocenters. The van der Waals surface area contributed by atoms with E-state index in [-0.39, 0.29) is 0 Å². The first-order valence-electron chi connectivity index (χ1n) is 3.92. The molecule has 62 valence electrons. The molecule has 1 aromatic heterocycles. The number of nitrogens with zero attached hydrogens (tertiary/aromatic N) is 3. The molecule has 0 aliphatic heterocycles. The van der Waals surface area contributed by atoms with E-state index in [0.29, 0.717) is 18.6 Å². The van der Waals surface area contributed by atoms with Crippen LogP contribution in [0.2, 0.25) is 0 Å². The van der Waals surface area contributed by atoms with Crippen LogP contribution in [0, 0.1) is 0 Å². The topological polar surface area (TPSA) is 47.8 Å². The van der Waals surface area contributed by atoms with E-state index in [2.05, 4.69) is 10.1 Å². The smallest absolute Gasteiger partial charge is 0.138 e. The Bertz CT molecular complexity index is 313. The van der Waals surface area contributed by atoms with Crippen LogP contribution >= 0.6 is 0 Å². The molecule has 0 fully saturated rings. The molecule has 4 heteroatoms. The SMILES string of the molecule is O=C1CC=C(n2cncn2)CC1. The average molecular weight is 163 g/mol. The van der Waals surface area contributed by atoms with Gasteiger partial charge >= 0.3 is 0 Å². The highest BCUT2D eigenvalue weighted by molar-refractivity contribution is 5.84. The van der Waals surface area contributed by atoms with Gasteiger partial charge in [-0.3, -0.25) is 4.79 Å². The highest BCUT2D eigenvalue weighted by Gasteiger charge is 2.11. The molecule has 0 saturated carbocycles. The van der Waals surface area contributed by atoms with Crippen molar-refractivity contribution >= 4 is 11.5 Å². The maximum Gasteiger partial charge on any atom is 0.138 e. The van der Waals surface area contributed by atoms with Crippen molar-refractivity contribution in [2.45, 2.75) is 19.3 Å². The van der Waals surface area contributed by atoms with Gasteiger partial charge in [0.15, 0.2) is 0 Å². The number of hydrogen-bond donors (Lipinski definition) is 0. The lowest BCUT2D eigenvalue weighted by molar-refractivity contribution is -0.118. The zero-order valence-corrected chi connectivity index (χ0v) is 6.60. The highest BCUT2D eigenvalue weighted by atomic mass is 16.1. The van der Waals surface area contributed by atoms with Gasteiger partial charge in [0.05, 0.1) is 0 Å². The second-order valence-electron chi connectivity index (χ2n) is 2.78. The summed E-state index contributed by atoms with van der Waals surface area (Å²) in [6.45, 7) is 0. The Hall–Kier alpha value is -1.45. The number of carbonyl (C=O) groups is 1. The van der Waals surface area contributed by atoms with Gasteiger partial charge in [-0.2, -0.15) is 5.10 Å². The molecule has 0 bridgehead atoms. The third-order valence-corrected chi connectivity index (χ3v) is 1.94. The van der Waals surface area contributed by atoms with Crippen molar-refractivity contribution in [3.63, 3.8) is 0 Å². The summed E-state index contributed by atoms with van der Waals surface area (Å²) in [6.07, 6.45) is 7.02. The van der Waals surface area contributed by atoms with Crippen molar-refractivity contribution < 1.29 is 4.79 Å². The van der Waals surface area contributed by atoms with Crippen LogP contribution in [-0.4, -0.2) is 20.5 Å². The van der Waals surface area contributed by atoms with E-state index in [1.807, 2.05) is 6.08 Å². The number of aromatic nitrogens is 3. The van der Waals surface area contributed by atoms with Crippen LogP contribution < -0.4 is 0 Å². The first-order valence-corrected chi connectivity index (χ1v) is 3.92. The number of hydrogen-bond acceptors (Lipinski definition) is 3. The Labute approximate surface area is 69.9 Å². The van der Waals surface area contributed by atoms with Crippen molar-refractivity contribution in [3.8, 4) is 0 Å². The Kier molecular flexibility index (Phi) is 1.74. The molecule has 2 rings (SSSR count). The minimum atomic E-state index is 0.305. The van der Waals surface area contributed by atoms with Crippen molar-refractivity contribution in [2.75, 3.05) is 0 Å². The molecule has 0 amide bonds. The lowest BCUT2D eigenvalue weighted by atomic mass is 10.0. The van der Waals surface area contributed by atoms with E-state index < -0.39 is 0 Å². The number of Topliss-reactive ketones (excluding diaryl/α,β-unsaturated/α-hetero) is 1. The van der Waals surface area contributed by atoms with E-state index >= 15 is 0 Å². The van der Waals surface area contributed by atoms with E-state index in [1.165, 1.54) is 6.33 Å². The summed E-state index contributed by atoms with van der Waals surface area (Å²) in [5.41, 5.74) is 1.08. The molecule has 0 spiro atoms. The van der Waals surface area contributed by atoms with Gasteiger partial charge < -0.3 is 0 Å². The quantitative estimate of drug-likeness (QED) is 0.617. The van der Waals surface area contributed by atoms with Crippen LogP contribution in [0.4, 0.5) is 0 Å². The summed E-state index contributed by atoms with van der Waals surface area (Å²) in [5.74, 6) is 0.305. The van der Waals surface area contributed by atoms with E-state index in [0.717, 1.165) is 12.1 Å². The molecule has 0 radical (unpaired) electrons. The number of allylic oxidation sites excluding steroid dienone is 2. The molecular formula is C8H9N3O. The summed E-state index contributed by atoms with van der Waals surface area (Å²) < 4.78 is 1.71. The Balaban J connectivity index is 2.21. The summed E-state index contributed by atoms with van der Waals surface area (Å²) in [7, 11) is 0. The van der Waals surface area contributed by atoms with Gasteiger partial charge in [-0.15, -0.1) is 0 Å². The molecule has 0 aromatic carbocycles. The molecule has 1 aliphatic rings. The molecule has 1 aliphatic carbocycles. The summed E-state index contributed by atoms with van der Waals surface area (Å²) in [5, 5.41) is 3.99. The van der Waals surface area contributed by atoms with E-state index in [1.54, 1.807) is 11.0 Å². The zero-order chi connectivity index (χ0) is 8.39. The molecule has 1 aromatic rings. The van der Waals surface area contributed by atoms with Gasteiger partial charge in [0.25, 0.3) is 0 Å². The highest BCUT2D eigenvalue weighted by Crippen LogP contribution is 2.17. The maximum atomic E-state index is 10.9. The predicted octanol–water partition coefficient (Wildman–Crippen LogP) is 0.872. The molecule has 1 heterocycles. The van der Waals surface area contributed by atoms with Crippen LogP contribution in [0.1, 0.15) is 19.3 Å². The Morgan fingerprint density at radius 2 is 2.33 bits per heavy atom. The minimum absolute atomic E-state index is 0.305. The maximum absolute atomic E-state index is 10.9. The third kappa shape index (κ3) is 1.28. The van der Waals surface area contributed by atoms with Crippen molar-refractivity contribution in [1.82, 2.24) is 14.8 Å². The van der Waals surface area contributed by atoms with Crippen LogP contribution in [0.15, 0.2) is 18.7 Å². The Morgan fingerprint density at radius 3 is 2.92 bits per heavy atom. The third-order valence-electron chi connectivity index (χ3n) is 1.94. The summed E-state index contributed by atoms with van der Waals surface area (Å²) >= 11 is 0. The van der Waals surface area contributed by atoms with Gasteiger partial charge in [-0.05, 0) is 6.42 Å². The number of carbonyl (C=O) groups excluding carboxylic acids is 1. The van der Waals surface area contributed by atoms with E-state index in [9.17, 15) is 4.79 Å². The lowest BCUT2D eigenvalue weighted by Crippen LogP contribution is -2.07. The first kappa shape index (κ1) is 7.21. The minimum Gasteiger partial charge on any atom is -0.299 e. The van der Waals surface area contributed by atoms with Gasteiger partial charge in [0, 0.05) is 18.5 Å². The largest absolute Gasteiger partial charge is 0.299 e. The normalized spacial score (nSPS) is 17.7. The zero-order valence-electron chi connectivity index (χ0n) is 6.60. The van der Waals surface area contributed by atoms with Gasteiger partial charge in [0.2, 0.25) is 0 Å². The standard InChI is InChI=1S/C8H9N3O/c12-8-3-1-7(2-4-8)11-6-9-5-10-11/h1,5-6H,2-4H2. The average Bonchev–Trinajstić information content (AvgIpc) is 2.58. The number of ketones is 1. The van der Waals surface area contributed by atoms with Gasteiger partial charge in [-0.25, -0.2) is 9.67 Å². The molecule has 0 saturated heterocycles. The van der Waals surface area contributed by atoms with Gasteiger partial charge in [-0.1, -0.05) is 6.08 Å². The molecule has 0 N–H and O–H groups in total. The fourth-order valence-corrected chi connectivity index (χ4v) is 1.27. The molecule has 4 nitrogen and oxygen atoms in total. The van der Waals surface area contributed by atoms with Crippen LogP contribution in [-0.2, 0) is 4.79 Å². The lowest BCUT2D eigenvalue weighted by Gasteiger charge is -2.10.